The van der Waals surface area contributed by atoms with Gasteiger partial charge in [0, 0.05) is 17.6 Å². The van der Waals surface area contributed by atoms with Gasteiger partial charge in [-0.1, -0.05) is 25.5 Å². The van der Waals surface area contributed by atoms with Crippen molar-refractivity contribution in [1.82, 2.24) is 0 Å². The summed E-state index contributed by atoms with van der Waals surface area (Å²) in [6, 6.07) is 10.4. The van der Waals surface area contributed by atoms with E-state index in [1.54, 1.807) is 30.5 Å². The summed E-state index contributed by atoms with van der Waals surface area (Å²) < 4.78 is 39.0. The van der Waals surface area contributed by atoms with Crippen LogP contribution in [0, 0.1) is 0 Å². The summed E-state index contributed by atoms with van der Waals surface area (Å²) in [6.45, 7) is 2.07. The standard InChI is InChI=1S/C20H24F3N5O/c1-2-3-6-14(24)13-28(25)16-11-9-15(10-12-16)26-19(29)27-18-8-5-4-7-17(18)20(21,22)23/h4-5,7-13H,2-3,6,24-25H2,1H3,(H2,26,27,29)/b14-13-. The minimum absolute atomic E-state index is 0.324. The summed E-state index contributed by atoms with van der Waals surface area (Å²) in [6.07, 6.45) is -0.217. The number of benzene rings is 2. The number of halogens is 3. The highest BCUT2D eigenvalue weighted by Gasteiger charge is 2.33. The Bertz CT molecular complexity index is 850. The molecule has 6 nitrogen and oxygen atoms in total. The molecule has 0 saturated carbocycles. The maximum absolute atomic E-state index is 13.0. The Kier molecular flexibility index (Phi) is 7.49. The number of rotatable bonds is 7. The third-order valence-electron chi connectivity index (χ3n) is 4.03. The number of urea groups is 1. The number of nitrogens with one attached hydrogen (secondary N) is 2. The van der Waals surface area contributed by atoms with E-state index in [-0.39, 0.29) is 5.69 Å². The lowest BCUT2D eigenvalue weighted by Crippen LogP contribution is -2.26. The van der Waals surface area contributed by atoms with Gasteiger partial charge in [0.1, 0.15) is 0 Å². The van der Waals surface area contributed by atoms with E-state index in [9.17, 15) is 18.0 Å². The highest BCUT2D eigenvalue weighted by atomic mass is 19.4. The number of hydrazine groups is 1. The number of carbonyl (C=O) groups excluding carboxylic acids is 1. The molecule has 156 valence electrons. The van der Waals surface area contributed by atoms with Crippen LogP contribution in [-0.2, 0) is 6.18 Å². The zero-order chi connectivity index (χ0) is 21.4. The normalized spacial score (nSPS) is 11.8. The SMILES string of the molecule is CCCC/C(N)=C/N(N)c1ccc(NC(=O)Nc2ccccc2C(F)(F)F)cc1. The van der Waals surface area contributed by atoms with Crippen molar-refractivity contribution in [2.45, 2.75) is 32.4 Å². The lowest BCUT2D eigenvalue weighted by Gasteiger charge is -2.16. The van der Waals surface area contributed by atoms with E-state index in [1.807, 2.05) is 0 Å². The molecule has 2 amide bonds. The molecule has 0 aromatic heterocycles. The molecule has 0 spiro atoms. The molecule has 0 aliphatic heterocycles. The predicted octanol–water partition coefficient (Wildman–Crippen LogP) is 5.02. The van der Waals surface area contributed by atoms with Gasteiger partial charge in [0.05, 0.1) is 16.9 Å². The molecule has 0 bridgehead atoms. The van der Waals surface area contributed by atoms with Crippen LogP contribution in [0.3, 0.4) is 0 Å². The average molecular weight is 407 g/mol. The number of hydrogen-bond acceptors (Lipinski definition) is 4. The van der Waals surface area contributed by atoms with Crippen LogP contribution in [0.25, 0.3) is 0 Å². The quantitative estimate of drug-likeness (QED) is 0.383. The molecule has 0 saturated heterocycles. The number of hydrogen-bond donors (Lipinski definition) is 4. The van der Waals surface area contributed by atoms with E-state index < -0.39 is 17.8 Å². The average Bonchev–Trinajstić information content (AvgIpc) is 2.66. The van der Waals surface area contributed by atoms with Crippen molar-refractivity contribution < 1.29 is 18.0 Å². The van der Waals surface area contributed by atoms with Gasteiger partial charge in [0.2, 0.25) is 0 Å². The molecule has 2 rings (SSSR count). The van der Waals surface area contributed by atoms with Gasteiger partial charge in [0.15, 0.2) is 0 Å². The Morgan fingerprint density at radius 2 is 1.76 bits per heavy atom. The van der Waals surface area contributed by atoms with Crippen molar-refractivity contribution in [3.63, 3.8) is 0 Å². The molecular formula is C20H24F3N5O. The van der Waals surface area contributed by atoms with Crippen LogP contribution < -0.4 is 27.2 Å². The highest BCUT2D eigenvalue weighted by Crippen LogP contribution is 2.34. The summed E-state index contributed by atoms with van der Waals surface area (Å²) in [5, 5.41) is 6.07. The van der Waals surface area contributed by atoms with Gasteiger partial charge in [-0.3, -0.25) is 5.01 Å². The third kappa shape index (κ3) is 6.72. The Morgan fingerprint density at radius 1 is 1.10 bits per heavy atom. The minimum Gasteiger partial charge on any atom is -0.401 e. The molecule has 9 heteroatoms. The van der Waals surface area contributed by atoms with Crippen LogP contribution in [0.2, 0.25) is 0 Å². The summed E-state index contributed by atoms with van der Waals surface area (Å²) in [7, 11) is 0. The number of anilines is 3. The van der Waals surface area contributed by atoms with Gasteiger partial charge in [-0.2, -0.15) is 13.2 Å². The lowest BCUT2D eigenvalue weighted by molar-refractivity contribution is -0.136. The molecule has 0 radical (unpaired) electrons. The second kappa shape index (κ2) is 9.83. The molecular weight excluding hydrogens is 383 g/mol. The largest absolute Gasteiger partial charge is 0.418 e. The fourth-order valence-corrected chi connectivity index (χ4v) is 2.54. The Labute approximate surface area is 167 Å². The molecule has 6 N–H and O–H groups in total. The number of carbonyl (C=O) groups is 1. The van der Waals surface area contributed by atoms with Crippen molar-refractivity contribution in [2.75, 3.05) is 15.6 Å². The predicted molar refractivity (Wildman–Crippen MR) is 109 cm³/mol. The molecule has 29 heavy (non-hydrogen) atoms. The summed E-state index contributed by atoms with van der Waals surface area (Å²) in [4.78, 5) is 12.1. The molecule has 2 aromatic carbocycles. The molecule has 0 unspecified atom stereocenters. The van der Waals surface area contributed by atoms with Gasteiger partial charge < -0.3 is 16.4 Å². The first-order valence-electron chi connectivity index (χ1n) is 9.05. The molecule has 2 aromatic rings. The van der Waals surface area contributed by atoms with E-state index in [4.69, 9.17) is 11.6 Å². The van der Waals surface area contributed by atoms with E-state index in [0.717, 1.165) is 25.3 Å². The number of unbranched alkanes of at least 4 members (excludes halogenated alkanes) is 1. The third-order valence-corrected chi connectivity index (χ3v) is 4.03. The maximum Gasteiger partial charge on any atom is 0.418 e. The molecule has 0 aliphatic rings. The fraction of sp³-hybridized carbons (Fsp3) is 0.250. The van der Waals surface area contributed by atoms with Gasteiger partial charge >= 0.3 is 12.2 Å². The molecule has 0 aliphatic carbocycles. The van der Waals surface area contributed by atoms with Crippen LogP contribution >= 0.6 is 0 Å². The highest BCUT2D eigenvalue weighted by molar-refractivity contribution is 6.00. The lowest BCUT2D eigenvalue weighted by atomic mass is 10.1. The van der Waals surface area contributed by atoms with Gasteiger partial charge in [-0.25, -0.2) is 10.6 Å². The number of alkyl halides is 3. The zero-order valence-corrected chi connectivity index (χ0v) is 16.0. The van der Waals surface area contributed by atoms with Crippen molar-refractivity contribution >= 4 is 23.1 Å². The maximum atomic E-state index is 13.0. The van der Waals surface area contributed by atoms with Gasteiger partial charge in [-0.15, -0.1) is 0 Å². The fourth-order valence-electron chi connectivity index (χ4n) is 2.54. The zero-order valence-electron chi connectivity index (χ0n) is 16.0. The van der Waals surface area contributed by atoms with E-state index >= 15 is 0 Å². The van der Waals surface area contributed by atoms with Crippen molar-refractivity contribution in [3.05, 3.63) is 66.0 Å². The summed E-state index contributed by atoms with van der Waals surface area (Å²) >= 11 is 0. The molecule has 0 atom stereocenters. The van der Waals surface area contributed by atoms with E-state index in [1.165, 1.54) is 23.2 Å². The van der Waals surface area contributed by atoms with Crippen molar-refractivity contribution in [1.29, 1.82) is 0 Å². The second-order valence-electron chi connectivity index (χ2n) is 6.38. The van der Waals surface area contributed by atoms with E-state index in [2.05, 4.69) is 17.6 Å². The van der Waals surface area contributed by atoms with Crippen LogP contribution in [-0.4, -0.2) is 6.03 Å². The van der Waals surface area contributed by atoms with Gasteiger partial charge in [0.25, 0.3) is 0 Å². The molecule has 0 fully saturated rings. The Hall–Kier alpha value is -3.20. The number of para-hydroxylation sites is 1. The second-order valence-corrected chi connectivity index (χ2v) is 6.38. The van der Waals surface area contributed by atoms with Crippen LogP contribution in [0.15, 0.2) is 60.4 Å². The monoisotopic (exact) mass is 407 g/mol. The van der Waals surface area contributed by atoms with E-state index in [0.29, 0.717) is 17.1 Å². The Morgan fingerprint density at radius 3 is 2.38 bits per heavy atom. The number of allylic oxidation sites excluding steroid dienone is 1. The first-order chi connectivity index (χ1) is 13.7. The van der Waals surface area contributed by atoms with Gasteiger partial charge in [-0.05, 0) is 49.2 Å². The van der Waals surface area contributed by atoms with Crippen molar-refractivity contribution in [2.24, 2.45) is 11.6 Å². The summed E-state index contributed by atoms with van der Waals surface area (Å²) in [5.41, 5.74) is 6.34. The molecule has 0 heterocycles. The van der Waals surface area contributed by atoms with Crippen LogP contribution in [0.4, 0.5) is 35.0 Å². The number of nitrogens with zero attached hydrogens (tertiary/aromatic N) is 1. The minimum atomic E-state index is -4.57. The number of amides is 2. The van der Waals surface area contributed by atoms with Crippen LogP contribution in [0.5, 0.6) is 0 Å². The van der Waals surface area contributed by atoms with Crippen LogP contribution in [0.1, 0.15) is 31.7 Å². The Balaban J connectivity index is 2.01. The smallest absolute Gasteiger partial charge is 0.401 e. The number of nitrogens with two attached hydrogens (primary N) is 2. The topological polar surface area (TPSA) is 96.4 Å². The van der Waals surface area contributed by atoms with Crippen molar-refractivity contribution in [3.8, 4) is 0 Å². The first-order valence-corrected chi connectivity index (χ1v) is 9.05. The summed E-state index contributed by atoms with van der Waals surface area (Å²) in [5.74, 6) is 5.95. The first kappa shape index (κ1) is 22.1.